The Balaban J connectivity index is 1.61. The minimum Gasteiger partial charge on any atom is -0.465 e. The standard InChI is InChI=1S/C35H34F2N2O5/c36-29-16-28(17-30(37)19-29)18-31(38(20-25-10-4-1-5-11-25)21-26-12-6-2-7-13-26)34(44-23-27-14-8-3-9-15-27)32-24-43-33(40)22-39(32)35(41)42/h1-17,19,31-32,34H,18,20-24H2,(H,41,42)/t31-,32+,34-/m0/s1. The third kappa shape index (κ3) is 8.27. The number of rotatable bonds is 12. The summed E-state index contributed by atoms with van der Waals surface area (Å²) in [5.41, 5.74) is 3.23. The number of benzene rings is 4. The molecule has 1 saturated heterocycles. The molecule has 0 spiro atoms. The van der Waals surface area contributed by atoms with Crippen molar-refractivity contribution in [2.75, 3.05) is 13.2 Å². The van der Waals surface area contributed by atoms with Gasteiger partial charge < -0.3 is 14.6 Å². The van der Waals surface area contributed by atoms with Crippen LogP contribution >= 0.6 is 0 Å². The molecular formula is C35H34F2N2O5. The Hall–Kier alpha value is -4.60. The van der Waals surface area contributed by atoms with Crippen molar-refractivity contribution in [3.05, 3.63) is 143 Å². The highest BCUT2D eigenvalue weighted by molar-refractivity contribution is 5.78. The second-order valence-corrected chi connectivity index (χ2v) is 10.8. The van der Waals surface area contributed by atoms with E-state index < -0.39 is 48.4 Å². The average Bonchev–Trinajstić information content (AvgIpc) is 3.02. The smallest absolute Gasteiger partial charge is 0.408 e. The number of carbonyl (C=O) groups excluding carboxylic acids is 1. The van der Waals surface area contributed by atoms with Crippen molar-refractivity contribution in [3.8, 4) is 0 Å². The fourth-order valence-electron chi connectivity index (χ4n) is 5.65. The number of nitrogens with zero attached hydrogens (tertiary/aromatic N) is 2. The van der Waals surface area contributed by atoms with Crippen molar-refractivity contribution in [3.63, 3.8) is 0 Å². The highest BCUT2D eigenvalue weighted by atomic mass is 19.1. The Morgan fingerprint density at radius 3 is 1.89 bits per heavy atom. The molecule has 0 bridgehead atoms. The SMILES string of the molecule is O=C1CN(C(=O)O)[C@@H]([C@@H](OCc2ccccc2)[C@H](Cc2cc(F)cc(F)c2)N(Cc2ccccc2)Cc2ccccc2)CO1. The quantitative estimate of drug-likeness (QED) is 0.199. The van der Waals surface area contributed by atoms with Gasteiger partial charge in [-0.15, -0.1) is 0 Å². The largest absolute Gasteiger partial charge is 0.465 e. The maximum absolute atomic E-state index is 14.5. The summed E-state index contributed by atoms with van der Waals surface area (Å²) in [5.74, 6) is -2.08. The minimum absolute atomic E-state index is 0.131. The zero-order valence-electron chi connectivity index (χ0n) is 24.1. The lowest BCUT2D eigenvalue weighted by atomic mass is 9.92. The molecule has 1 fully saturated rings. The van der Waals surface area contributed by atoms with Gasteiger partial charge in [-0.1, -0.05) is 91.0 Å². The molecule has 44 heavy (non-hydrogen) atoms. The van der Waals surface area contributed by atoms with Crippen molar-refractivity contribution < 1.29 is 33.0 Å². The number of carboxylic acid groups (broad SMARTS) is 1. The van der Waals surface area contributed by atoms with E-state index in [2.05, 4.69) is 4.90 Å². The van der Waals surface area contributed by atoms with Crippen LogP contribution in [-0.4, -0.2) is 58.3 Å². The molecule has 0 saturated carbocycles. The van der Waals surface area contributed by atoms with Crippen LogP contribution in [0.2, 0.25) is 0 Å². The summed E-state index contributed by atoms with van der Waals surface area (Å²) in [6.45, 7) is 0.334. The molecule has 7 nitrogen and oxygen atoms in total. The first-order valence-corrected chi connectivity index (χ1v) is 14.4. The van der Waals surface area contributed by atoms with Crippen LogP contribution in [0.4, 0.5) is 13.6 Å². The number of ether oxygens (including phenoxy) is 2. The molecule has 1 aliphatic heterocycles. The summed E-state index contributed by atoms with van der Waals surface area (Å²) in [4.78, 5) is 27.9. The van der Waals surface area contributed by atoms with E-state index in [1.54, 1.807) is 0 Å². The Bertz CT molecular complexity index is 1460. The van der Waals surface area contributed by atoms with E-state index in [1.807, 2.05) is 91.0 Å². The van der Waals surface area contributed by atoms with Crippen molar-refractivity contribution in [1.29, 1.82) is 0 Å². The van der Waals surface area contributed by atoms with Gasteiger partial charge in [-0.05, 0) is 40.8 Å². The minimum atomic E-state index is -1.28. The van der Waals surface area contributed by atoms with Gasteiger partial charge >= 0.3 is 12.1 Å². The summed E-state index contributed by atoms with van der Waals surface area (Å²) in [5, 5.41) is 10.2. The molecule has 5 rings (SSSR count). The highest BCUT2D eigenvalue weighted by Gasteiger charge is 2.43. The Labute approximate surface area is 255 Å². The van der Waals surface area contributed by atoms with Crippen molar-refractivity contribution in [2.24, 2.45) is 0 Å². The molecule has 3 atom stereocenters. The summed E-state index contributed by atoms with van der Waals surface area (Å²) in [6, 6.07) is 30.9. The van der Waals surface area contributed by atoms with Gasteiger partial charge in [0.1, 0.15) is 24.8 Å². The average molecular weight is 601 g/mol. The number of amides is 1. The molecule has 1 N–H and O–H groups in total. The number of hydrogen-bond acceptors (Lipinski definition) is 5. The van der Waals surface area contributed by atoms with Gasteiger partial charge in [-0.3, -0.25) is 14.6 Å². The van der Waals surface area contributed by atoms with Crippen LogP contribution in [0.25, 0.3) is 0 Å². The maximum Gasteiger partial charge on any atom is 0.408 e. The topological polar surface area (TPSA) is 79.3 Å². The summed E-state index contributed by atoms with van der Waals surface area (Å²) in [6.07, 6.45) is -2.02. The Kier molecular flexibility index (Phi) is 10.3. The summed E-state index contributed by atoms with van der Waals surface area (Å²) >= 11 is 0. The molecule has 1 heterocycles. The van der Waals surface area contributed by atoms with Crippen LogP contribution in [0, 0.1) is 11.6 Å². The van der Waals surface area contributed by atoms with Gasteiger partial charge in [-0.25, -0.2) is 13.6 Å². The van der Waals surface area contributed by atoms with E-state index in [9.17, 15) is 23.5 Å². The van der Waals surface area contributed by atoms with Crippen molar-refractivity contribution in [1.82, 2.24) is 9.80 Å². The second-order valence-electron chi connectivity index (χ2n) is 10.8. The fourth-order valence-corrected chi connectivity index (χ4v) is 5.65. The van der Waals surface area contributed by atoms with Crippen LogP contribution in [0.1, 0.15) is 22.3 Å². The molecule has 0 unspecified atom stereocenters. The third-order valence-electron chi connectivity index (χ3n) is 7.70. The number of halogens is 2. The first-order chi connectivity index (χ1) is 21.4. The Morgan fingerprint density at radius 1 is 0.841 bits per heavy atom. The van der Waals surface area contributed by atoms with Gasteiger partial charge in [-0.2, -0.15) is 0 Å². The molecule has 9 heteroatoms. The van der Waals surface area contributed by atoms with Gasteiger partial charge in [0.05, 0.1) is 18.8 Å². The van der Waals surface area contributed by atoms with E-state index in [1.165, 1.54) is 12.1 Å². The van der Waals surface area contributed by atoms with Gasteiger partial charge in [0.2, 0.25) is 0 Å². The van der Waals surface area contributed by atoms with Crippen LogP contribution in [-0.2, 0) is 40.4 Å². The van der Waals surface area contributed by atoms with Crippen LogP contribution < -0.4 is 0 Å². The first-order valence-electron chi connectivity index (χ1n) is 14.4. The maximum atomic E-state index is 14.5. The number of esters is 1. The van der Waals surface area contributed by atoms with Gasteiger partial charge in [0.25, 0.3) is 0 Å². The zero-order chi connectivity index (χ0) is 30.9. The Morgan fingerprint density at radius 2 is 1.36 bits per heavy atom. The molecule has 4 aromatic rings. The molecule has 1 amide bonds. The number of morpholine rings is 1. The first kappa shape index (κ1) is 30.8. The predicted molar refractivity (Wildman–Crippen MR) is 160 cm³/mol. The molecular weight excluding hydrogens is 566 g/mol. The van der Waals surface area contributed by atoms with E-state index in [0.29, 0.717) is 18.7 Å². The predicted octanol–water partition coefficient (Wildman–Crippen LogP) is 6.07. The van der Waals surface area contributed by atoms with Crippen molar-refractivity contribution >= 4 is 12.1 Å². The highest BCUT2D eigenvalue weighted by Crippen LogP contribution is 2.28. The number of hydrogen-bond donors (Lipinski definition) is 1. The van der Waals surface area contributed by atoms with Crippen LogP contribution in [0.5, 0.6) is 0 Å². The third-order valence-corrected chi connectivity index (χ3v) is 7.70. The molecule has 228 valence electrons. The fraction of sp³-hybridized carbons (Fsp3) is 0.257. The van der Waals surface area contributed by atoms with E-state index in [4.69, 9.17) is 9.47 Å². The molecule has 1 aliphatic rings. The van der Waals surface area contributed by atoms with Gasteiger partial charge in [0.15, 0.2) is 0 Å². The van der Waals surface area contributed by atoms with E-state index in [0.717, 1.165) is 27.7 Å². The number of cyclic esters (lactones) is 1. The zero-order valence-corrected chi connectivity index (χ0v) is 24.1. The molecule has 0 aliphatic carbocycles. The summed E-state index contributed by atoms with van der Waals surface area (Å²) < 4.78 is 41.0. The van der Waals surface area contributed by atoms with Crippen LogP contribution in [0.15, 0.2) is 109 Å². The normalized spacial score (nSPS) is 16.4. The molecule has 0 radical (unpaired) electrons. The van der Waals surface area contributed by atoms with Gasteiger partial charge in [0, 0.05) is 25.2 Å². The van der Waals surface area contributed by atoms with Crippen LogP contribution in [0.3, 0.4) is 0 Å². The monoisotopic (exact) mass is 600 g/mol. The van der Waals surface area contributed by atoms with E-state index in [-0.39, 0.29) is 19.6 Å². The van der Waals surface area contributed by atoms with Crippen molar-refractivity contribution in [2.45, 2.75) is 44.3 Å². The lowest BCUT2D eigenvalue weighted by Crippen LogP contribution is -2.61. The lowest BCUT2D eigenvalue weighted by molar-refractivity contribution is -0.162. The lowest BCUT2D eigenvalue weighted by Gasteiger charge is -2.44. The van der Waals surface area contributed by atoms with E-state index >= 15 is 0 Å². The number of carbonyl (C=O) groups is 2. The molecule has 0 aromatic heterocycles. The summed E-state index contributed by atoms with van der Waals surface area (Å²) in [7, 11) is 0. The second kappa shape index (κ2) is 14.7. The molecule has 4 aromatic carbocycles.